The molecule has 1 heterocycles. The third-order valence-electron chi connectivity index (χ3n) is 3.07. The smallest absolute Gasteiger partial charge is 0.196 e. The molecule has 0 saturated heterocycles. The third kappa shape index (κ3) is 1.74. The van der Waals surface area contributed by atoms with E-state index in [1.807, 2.05) is 13.0 Å². The van der Waals surface area contributed by atoms with Crippen molar-refractivity contribution < 1.29 is 4.73 Å². The summed E-state index contributed by atoms with van der Waals surface area (Å²) in [4.78, 5) is 0. The van der Waals surface area contributed by atoms with Gasteiger partial charge in [0.1, 0.15) is 0 Å². The highest BCUT2D eigenvalue weighted by atomic mass is 16.5. The summed E-state index contributed by atoms with van der Waals surface area (Å²) in [5, 5.41) is 11.8. The summed E-state index contributed by atoms with van der Waals surface area (Å²) in [6.07, 6.45) is 7.02. The lowest BCUT2D eigenvalue weighted by molar-refractivity contribution is -0.621. The monoisotopic (exact) mass is 191 g/mol. The second-order valence-corrected chi connectivity index (χ2v) is 4.16. The maximum absolute atomic E-state index is 11.8. The van der Waals surface area contributed by atoms with Crippen molar-refractivity contribution in [1.29, 1.82) is 0 Å². The van der Waals surface area contributed by atoms with Gasteiger partial charge in [-0.15, -0.1) is 0 Å². The standard InChI is InChI=1S/C12H17NO/c1-10-8-9-11-6-4-2-3-5-7-12(11)13(10)14/h8-9H,2-7H2,1H3. The van der Waals surface area contributed by atoms with Gasteiger partial charge in [-0.05, 0) is 25.3 Å². The lowest BCUT2D eigenvalue weighted by Crippen LogP contribution is -2.36. The van der Waals surface area contributed by atoms with Gasteiger partial charge in [-0.1, -0.05) is 12.8 Å². The van der Waals surface area contributed by atoms with Crippen molar-refractivity contribution in [2.45, 2.75) is 45.4 Å². The Morgan fingerprint density at radius 2 is 1.79 bits per heavy atom. The zero-order chi connectivity index (χ0) is 9.97. The van der Waals surface area contributed by atoms with E-state index in [1.54, 1.807) is 0 Å². The lowest BCUT2D eigenvalue weighted by atomic mass is 9.97. The van der Waals surface area contributed by atoms with E-state index >= 15 is 0 Å². The summed E-state index contributed by atoms with van der Waals surface area (Å²) in [6, 6.07) is 4.07. The van der Waals surface area contributed by atoms with Crippen LogP contribution in [-0.2, 0) is 12.8 Å². The molecule has 1 aromatic rings. The van der Waals surface area contributed by atoms with Crippen molar-refractivity contribution in [2.75, 3.05) is 0 Å². The molecular weight excluding hydrogens is 174 g/mol. The van der Waals surface area contributed by atoms with Gasteiger partial charge < -0.3 is 5.21 Å². The average Bonchev–Trinajstić information content (AvgIpc) is 2.13. The highest BCUT2D eigenvalue weighted by molar-refractivity contribution is 5.19. The molecule has 0 aromatic carbocycles. The number of rotatable bonds is 0. The molecule has 0 amide bonds. The fourth-order valence-corrected chi connectivity index (χ4v) is 2.18. The van der Waals surface area contributed by atoms with Crippen LogP contribution in [0.3, 0.4) is 0 Å². The van der Waals surface area contributed by atoms with E-state index in [-0.39, 0.29) is 0 Å². The van der Waals surface area contributed by atoms with Crippen LogP contribution in [-0.4, -0.2) is 0 Å². The van der Waals surface area contributed by atoms with Crippen LogP contribution in [0.1, 0.15) is 42.6 Å². The van der Waals surface area contributed by atoms with E-state index < -0.39 is 0 Å². The van der Waals surface area contributed by atoms with Gasteiger partial charge in [0.25, 0.3) is 0 Å². The number of nitrogens with zero attached hydrogens (tertiary/aromatic N) is 1. The fourth-order valence-electron chi connectivity index (χ4n) is 2.18. The van der Waals surface area contributed by atoms with E-state index in [0.29, 0.717) is 0 Å². The molecule has 1 aliphatic carbocycles. The summed E-state index contributed by atoms with van der Waals surface area (Å²) < 4.78 is 1.13. The molecule has 0 N–H and O–H groups in total. The number of aromatic nitrogens is 1. The molecule has 0 bridgehead atoms. The summed E-state index contributed by atoms with van der Waals surface area (Å²) >= 11 is 0. The van der Waals surface area contributed by atoms with Crippen LogP contribution in [0.2, 0.25) is 0 Å². The van der Waals surface area contributed by atoms with Gasteiger partial charge in [-0.3, -0.25) is 0 Å². The van der Waals surface area contributed by atoms with Gasteiger partial charge in [-0.25, -0.2) is 0 Å². The first-order valence-corrected chi connectivity index (χ1v) is 5.50. The normalized spacial score (nSPS) is 16.9. The maximum Gasteiger partial charge on any atom is 0.196 e. The molecule has 0 atom stereocenters. The van der Waals surface area contributed by atoms with Gasteiger partial charge in [0.05, 0.1) is 0 Å². The fraction of sp³-hybridized carbons (Fsp3) is 0.583. The van der Waals surface area contributed by atoms with Gasteiger partial charge in [0.15, 0.2) is 11.4 Å². The Balaban J connectivity index is 2.39. The molecule has 0 fully saturated rings. The van der Waals surface area contributed by atoms with Crippen LogP contribution >= 0.6 is 0 Å². The van der Waals surface area contributed by atoms with Crippen LogP contribution in [0.5, 0.6) is 0 Å². The van der Waals surface area contributed by atoms with Crippen molar-refractivity contribution in [2.24, 2.45) is 0 Å². The molecular formula is C12H17NO. The second kappa shape index (κ2) is 3.99. The molecule has 0 unspecified atom stereocenters. The molecule has 0 aliphatic heterocycles. The Hall–Kier alpha value is -1.05. The molecule has 2 heteroatoms. The second-order valence-electron chi connectivity index (χ2n) is 4.16. The number of hydrogen-bond donors (Lipinski definition) is 0. The lowest BCUT2D eigenvalue weighted by Gasteiger charge is -2.14. The molecule has 14 heavy (non-hydrogen) atoms. The zero-order valence-electron chi connectivity index (χ0n) is 8.75. The van der Waals surface area contributed by atoms with Crippen LogP contribution in [0.15, 0.2) is 12.1 Å². The quantitative estimate of drug-likeness (QED) is 0.456. The molecule has 1 aromatic heterocycles. The van der Waals surface area contributed by atoms with Crippen molar-refractivity contribution in [3.63, 3.8) is 0 Å². The van der Waals surface area contributed by atoms with Crippen LogP contribution < -0.4 is 4.73 Å². The van der Waals surface area contributed by atoms with Crippen molar-refractivity contribution in [3.05, 3.63) is 34.3 Å². The van der Waals surface area contributed by atoms with Crippen molar-refractivity contribution in [3.8, 4) is 0 Å². The number of aryl methyl sites for hydroxylation is 2. The first-order valence-electron chi connectivity index (χ1n) is 5.50. The van der Waals surface area contributed by atoms with Gasteiger partial charge in [-0.2, -0.15) is 4.73 Å². The van der Waals surface area contributed by atoms with Crippen LogP contribution in [0, 0.1) is 12.1 Å². The minimum absolute atomic E-state index is 0.823. The SMILES string of the molecule is Cc1ccc2c([n+]1[O-])CCCCCC2. The van der Waals surface area contributed by atoms with E-state index in [1.165, 1.54) is 31.2 Å². The topological polar surface area (TPSA) is 26.9 Å². The first kappa shape index (κ1) is 9.50. The van der Waals surface area contributed by atoms with Crippen LogP contribution in [0.4, 0.5) is 0 Å². The van der Waals surface area contributed by atoms with Crippen molar-refractivity contribution >= 4 is 0 Å². The third-order valence-corrected chi connectivity index (χ3v) is 3.07. The zero-order valence-corrected chi connectivity index (χ0v) is 8.75. The Morgan fingerprint density at radius 1 is 1.07 bits per heavy atom. The van der Waals surface area contributed by atoms with Gasteiger partial charge >= 0.3 is 0 Å². The largest absolute Gasteiger partial charge is 0.618 e. The van der Waals surface area contributed by atoms with Gasteiger partial charge in [0, 0.05) is 25.0 Å². The van der Waals surface area contributed by atoms with E-state index in [2.05, 4.69) is 6.07 Å². The number of fused-ring (bicyclic) bond motifs is 1. The van der Waals surface area contributed by atoms with E-state index in [4.69, 9.17) is 0 Å². The highest BCUT2D eigenvalue weighted by Gasteiger charge is 2.15. The molecule has 2 rings (SSSR count). The molecule has 1 aliphatic rings. The summed E-state index contributed by atoms with van der Waals surface area (Å²) in [6.45, 7) is 1.88. The summed E-state index contributed by atoms with van der Waals surface area (Å²) in [7, 11) is 0. The minimum Gasteiger partial charge on any atom is -0.618 e. The molecule has 0 saturated carbocycles. The Kier molecular flexibility index (Phi) is 2.71. The average molecular weight is 191 g/mol. The Labute approximate surface area is 85.2 Å². The summed E-state index contributed by atoms with van der Waals surface area (Å²) in [5.74, 6) is 0. The molecule has 76 valence electrons. The number of pyridine rings is 1. The summed E-state index contributed by atoms with van der Waals surface area (Å²) in [5.41, 5.74) is 3.11. The predicted octanol–water partition coefficient (Wildman–Crippen LogP) is 2.29. The number of hydrogen-bond acceptors (Lipinski definition) is 1. The first-order chi connectivity index (χ1) is 6.79. The molecule has 0 radical (unpaired) electrons. The Morgan fingerprint density at radius 3 is 2.57 bits per heavy atom. The predicted molar refractivity (Wildman–Crippen MR) is 56.0 cm³/mol. The molecule has 0 spiro atoms. The Bertz CT molecular complexity index is 333. The maximum atomic E-state index is 11.8. The van der Waals surface area contributed by atoms with Crippen LogP contribution in [0.25, 0.3) is 0 Å². The van der Waals surface area contributed by atoms with Crippen molar-refractivity contribution in [1.82, 2.24) is 0 Å². The van der Waals surface area contributed by atoms with E-state index in [9.17, 15) is 5.21 Å². The van der Waals surface area contributed by atoms with E-state index in [0.717, 1.165) is 29.0 Å². The minimum atomic E-state index is 0.823. The van der Waals surface area contributed by atoms with Gasteiger partial charge in [0.2, 0.25) is 0 Å². The molecule has 2 nitrogen and oxygen atoms in total. The highest BCUT2D eigenvalue weighted by Crippen LogP contribution is 2.17.